The van der Waals surface area contributed by atoms with E-state index in [4.69, 9.17) is 4.74 Å². The van der Waals surface area contributed by atoms with Crippen LogP contribution in [0, 0.1) is 30.5 Å². The van der Waals surface area contributed by atoms with Gasteiger partial charge in [0.2, 0.25) is 5.91 Å². The Labute approximate surface area is 222 Å². The van der Waals surface area contributed by atoms with Crippen LogP contribution in [0.1, 0.15) is 81.8 Å². The summed E-state index contributed by atoms with van der Waals surface area (Å²) in [4.78, 5) is 15.4. The van der Waals surface area contributed by atoms with E-state index in [0.717, 1.165) is 45.1 Å². The molecular weight excluding hydrogens is 474 g/mol. The quantitative estimate of drug-likeness (QED) is 0.335. The predicted octanol–water partition coefficient (Wildman–Crippen LogP) is 5.52. The maximum Gasteiger partial charge on any atom is 0.222 e. The number of nitrogens with one attached hydrogen (secondary N) is 1. The van der Waals surface area contributed by atoms with Crippen molar-refractivity contribution in [1.29, 1.82) is 0 Å². The first-order valence-corrected chi connectivity index (χ1v) is 14.3. The number of carbonyl (C=O) groups is 1. The fraction of sp³-hybridized carbons (Fsp3) is 0.767. The molecule has 5 nitrogen and oxygen atoms in total. The molecule has 0 radical (unpaired) electrons. The van der Waals surface area contributed by atoms with Crippen LogP contribution in [0.3, 0.4) is 0 Å². The first-order valence-electron chi connectivity index (χ1n) is 14.3. The molecule has 7 heteroatoms. The molecular formula is C30H48F2N2O3. The first-order chi connectivity index (χ1) is 17.8. The number of hydrogen-bond donors (Lipinski definition) is 2. The standard InChI is InChI=1S/C30H48F2N2O3/c1-22-8-6-10-27(29(22)32)30(36,15-4-5-17-37-3)25-9-7-16-34(21-25)28(35)19-24(20-33-2)18-23-11-13-26(31)14-12-23/h6,8,10,23-26,33,36H,4-5,7,9,11-21H2,1-3H3/t23?,24-,25-,26?,30+/m1/s1. The summed E-state index contributed by atoms with van der Waals surface area (Å²) in [7, 11) is 3.57. The number of unbranched alkanes of at least 4 members (excludes halogenated alkanes) is 1. The molecule has 1 saturated heterocycles. The zero-order valence-electron chi connectivity index (χ0n) is 23.1. The molecule has 2 aliphatic rings. The van der Waals surface area contributed by atoms with Crippen LogP contribution in [0.4, 0.5) is 8.78 Å². The van der Waals surface area contributed by atoms with Crippen LogP contribution in [0.25, 0.3) is 0 Å². The third-order valence-corrected chi connectivity index (χ3v) is 8.66. The van der Waals surface area contributed by atoms with Gasteiger partial charge in [0, 0.05) is 44.7 Å². The number of aryl methyl sites for hydroxylation is 1. The van der Waals surface area contributed by atoms with E-state index >= 15 is 4.39 Å². The smallest absolute Gasteiger partial charge is 0.222 e. The van der Waals surface area contributed by atoms with Gasteiger partial charge in [-0.2, -0.15) is 0 Å². The summed E-state index contributed by atoms with van der Waals surface area (Å²) in [5.74, 6) is 0.217. The van der Waals surface area contributed by atoms with E-state index < -0.39 is 11.8 Å². The largest absolute Gasteiger partial charge is 0.385 e. The summed E-state index contributed by atoms with van der Waals surface area (Å²) in [6.45, 7) is 4.19. The summed E-state index contributed by atoms with van der Waals surface area (Å²) in [6, 6.07) is 5.23. The van der Waals surface area contributed by atoms with Crippen LogP contribution < -0.4 is 5.32 Å². The van der Waals surface area contributed by atoms with Gasteiger partial charge in [-0.3, -0.25) is 4.79 Å². The van der Waals surface area contributed by atoms with Crippen molar-refractivity contribution in [2.24, 2.45) is 17.8 Å². The lowest BCUT2D eigenvalue weighted by molar-refractivity contribution is -0.138. The second kappa shape index (κ2) is 14.5. The zero-order valence-corrected chi connectivity index (χ0v) is 23.1. The average Bonchev–Trinajstić information content (AvgIpc) is 2.89. The van der Waals surface area contributed by atoms with Gasteiger partial charge >= 0.3 is 0 Å². The molecule has 1 aromatic rings. The lowest BCUT2D eigenvalue weighted by Crippen LogP contribution is -2.49. The fourth-order valence-electron chi connectivity index (χ4n) is 6.51. The molecule has 3 atom stereocenters. The minimum Gasteiger partial charge on any atom is -0.385 e. The number of rotatable bonds is 13. The van der Waals surface area contributed by atoms with Crippen molar-refractivity contribution in [2.45, 2.75) is 89.3 Å². The van der Waals surface area contributed by atoms with E-state index in [-0.39, 0.29) is 23.6 Å². The van der Waals surface area contributed by atoms with Crippen molar-refractivity contribution in [3.05, 3.63) is 35.1 Å². The number of nitrogens with zero attached hydrogens (tertiary/aromatic N) is 1. The van der Waals surface area contributed by atoms with E-state index in [1.54, 1.807) is 32.2 Å². The van der Waals surface area contributed by atoms with Crippen LogP contribution in [0.15, 0.2) is 18.2 Å². The highest BCUT2D eigenvalue weighted by molar-refractivity contribution is 5.76. The number of amides is 1. The Bertz CT molecular complexity index is 846. The second-order valence-electron chi connectivity index (χ2n) is 11.5. The summed E-state index contributed by atoms with van der Waals surface area (Å²) >= 11 is 0. The van der Waals surface area contributed by atoms with Gasteiger partial charge in [-0.15, -0.1) is 0 Å². The third-order valence-electron chi connectivity index (χ3n) is 8.66. The molecule has 3 rings (SSSR count). The number of hydrogen-bond acceptors (Lipinski definition) is 4. The molecule has 0 spiro atoms. The fourth-order valence-corrected chi connectivity index (χ4v) is 6.51. The zero-order chi connectivity index (χ0) is 26.8. The van der Waals surface area contributed by atoms with E-state index in [9.17, 15) is 14.3 Å². The molecule has 0 aromatic heterocycles. The number of halogens is 2. The second-order valence-corrected chi connectivity index (χ2v) is 11.5. The Morgan fingerprint density at radius 2 is 2.00 bits per heavy atom. The van der Waals surface area contributed by atoms with Crippen molar-refractivity contribution >= 4 is 5.91 Å². The molecule has 1 amide bonds. The van der Waals surface area contributed by atoms with Crippen molar-refractivity contribution in [3.63, 3.8) is 0 Å². The highest BCUT2D eigenvalue weighted by atomic mass is 19.1. The summed E-state index contributed by atoms with van der Waals surface area (Å²) in [6.07, 6.45) is 7.29. The third kappa shape index (κ3) is 8.21. The molecule has 1 saturated carbocycles. The minimum absolute atomic E-state index is 0.107. The average molecular weight is 523 g/mol. The van der Waals surface area contributed by atoms with Crippen LogP contribution in [0.5, 0.6) is 0 Å². The van der Waals surface area contributed by atoms with Gasteiger partial charge in [0.1, 0.15) is 12.0 Å². The number of alkyl halides is 1. The van der Waals surface area contributed by atoms with Crippen LogP contribution in [0.2, 0.25) is 0 Å². The van der Waals surface area contributed by atoms with Gasteiger partial charge in [0.05, 0.1) is 5.60 Å². The van der Waals surface area contributed by atoms with Gasteiger partial charge in [-0.25, -0.2) is 8.78 Å². The van der Waals surface area contributed by atoms with E-state index in [1.807, 2.05) is 11.9 Å². The Morgan fingerprint density at radius 3 is 2.70 bits per heavy atom. The lowest BCUT2D eigenvalue weighted by Gasteiger charge is -2.43. The maximum absolute atomic E-state index is 15.3. The number of carbonyl (C=O) groups excluding carboxylic acids is 1. The molecule has 0 bridgehead atoms. The van der Waals surface area contributed by atoms with Crippen LogP contribution >= 0.6 is 0 Å². The molecule has 1 aromatic carbocycles. The molecule has 210 valence electrons. The minimum atomic E-state index is -1.34. The number of piperidine rings is 1. The number of aliphatic hydroxyl groups is 1. The lowest BCUT2D eigenvalue weighted by atomic mass is 9.73. The van der Waals surface area contributed by atoms with E-state index in [2.05, 4.69) is 5.32 Å². The van der Waals surface area contributed by atoms with Gasteiger partial charge in [0.25, 0.3) is 0 Å². The highest BCUT2D eigenvalue weighted by Crippen LogP contribution is 2.41. The molecule has 1 aliphatic heterocycles. The summed E-state index contributed by atoms with van der Waals surface area (Å²) < 4.78 is 34.1. The molecule has 0 unspecified atom stereocenters. The van der Waals surface area contributed by atoms with Crippen molar-refractivity contribution in [1.82, 2.24) is 10.2 Å². The van der Waals surface area contributed by atoms with E-state index in [0.29, 0.717) is 68.8 Å². The normalized spacial score (nSPS) is 25.0. The summed E-state index contributed by atoms with van der Waals surface area (Å²) in [5.41, 5.74) is -0.466. The SMILES string of the molecule is CNC[C@@H](CC(=O)N1CCC[C@@H]([C@@](O)(CCCCOC)c2cccc(C)c2F)C1)CC1CCC(F)CC1. The summed E-state index contributed by atoms with van der Waals surface area (Å²) in [5, 5.41) is 15.3. The van der Waals surface area contributed by atoms with Crippen molar-refractivity contribution < 1.29 is 23.4 Å². The van der Waals surface area contributed by atoms with Crippen LogP contribution in [-0.4, -0.2) is 62.5 Å². The Morgan fingerprint density at radius 1 is 1.24 bits per heavy atom. The molecule has 37 heavy (non-hydrogen) atoms. The topological polar surface area (TPSA) is 61.8 Å². The first kappa shape index (κ1) is 30.0. The van der Waals surface area contributed by atoms with Gasteiger partial charge in [-0.05, 0) is 102 Å². The monoisotopic (exact) mass is 522 g/mol. The van der Waals surface area contributed by atoms with Gasteiger partial charge < -0.3 is 20.1 Å². The van der Waals surface area contributed by atoms with E-state index in [1.165, 1.54) is 0 Å². The predicted molar refractivity (Wildman–Crippen MR) is 144 cm³/mol. The number of methoxy groups -OCH3 is 1. The molecule has 1 heterocycles. The highest BCUT2D eigenvalue weighted by Gasteiger charge is 2.43. The van der Waals surface area contributed by atoms with Crippen molar-refractivity contribution in [3.8, 4) is 0 Å². The molecule has 2 fully saturated rings. The van der Waals surface area contributed by atoms with Gasteiger partial charge in [0.15, 0.2) is 0 Å². The van der Waals surface area contributed by atoms with Gasteiger partial charge in [-0.1, -0.05) is 18.2 Å². The Balaban J connectivity index is 1.70. The number of benzene rings is 1. The molecule has 1 aliphatic carbocycles. The Kier molecular flexibility index (Phi) is 11.8. The number of ether oxygens (including phenoxy) is 1. The Hall–Kier alpha value is -1.57. The maximum atomic E-state index is 15.3. The van der Waals surface area contributed by atoms with Crippen LogP contribution in [-0.2, 0) is 15.1 Å². The molecule has 2 N–H and O–H groups in total. The number of likely N-dealkylation sites (tertiary alicyclic amines) is 1. The van der Waals surface area contributed by atoms with Crippen molar-refractivity contribution in [2.75, 3.05) is 40.4 Å².